The van der Waals surface area contributed by atoms with Crippen molar-refractivity contribution in [1.82, 2.24) is 9.97 Å². The molecule has 1 aliphatic heterocycles. The van der Waals surface area contributed by atoms with Crippen LogP contribution in [-0.4, -0.2) is 29.6 Å². The van der Waals surface area contributed by atoms with Gasteiger partial charge in [0, 0.05) is 34.6 Å². The zero-order chi connectivity index (χ0) is 19.6. The Morgan fingerprint density at radius 2 is 2.07 bits per heavy atom. The van der Waals surface area contributed by atoms with Crippen molar-refractivity contribution in [2.24, 2.45) is 11.1 Å². The number of hydrogen-bond donors (Lipinski definition) is 1. The molecule has 1 fully saturated rings. The Balaban J connectivity index is 2.02. The summed E-state index contributed by atoms with van der Waals surface area (Å²) < 4.78 is 1.11. The van der Waals surface area contributed by atoms with Crippen molar-refractivity contribution in [3.63, 3.8) is 0 Å². The lowest BCUT2D eigenvalue weighted by Crippen LogP contribution is -2.42. The van der Waals surface area contributed by atoms with Crippen LogP contribution in [0.2, 0.25) is 0 Å². The Morgan fingerprint density at radius 1 is 1.37 bits per heavy atom. The third-order valence-corrected chi connectivity index (χ3v) is 6.89. The third kappa shape index (κ3) is 3.96. The van der Waals surface area contributed by atoms with Crippen molar-refractivity contribution in [2.45, 2.75) is 33.6 Å². The molecule has 1 saturated heterocycles. The first-order chi connectivity index (χ1) is 12.9. The highest BCUT2D eigenvalue weighted by molar-refractivity contribution is 7.18. The number of anilines is 1. The van der Waals surface area contributed by atoms with E-state index in [2.05, 4.69) is 33.8 Å². The summed E-state index contributed by atoms with van der Waals surface area (Å²) in [5.74, 6) is 1.02. The molecule has 3 heterocycles. The second-order valence-corrected chi connectivity index (χ2v) is 8.91. The van der Waals surface area contributed by atoms with Crippen LogP contribution in [0.3, 0.4) is 0 Å². The number of thiophene rings is 1. The van der Waals surface area contributed by atoms with Gasteiger partial charge in [-0.2, -0.15) is 0 Å². The van der Waals surface area contributed by atoms with Crippen LogP contribution < -0.4 is 10.6 Å². The third-order valence-electron chi connectivity index (χ3n) is 5.35. The second kappa shape index (κ2) is 8.13. The molecular formula is C21H27ClN4S. The average Bonchev–Trinajstić information content (AvgIpc) is 3.10. The summed E-state index contributed by atoms with van der Waals surface area (Å²) in [4.78, 5) is 11.6. The molecule has 1 aliphatic rings. The van der Waals surface area contributed by atoms with Crippen molar-refractivity contribution in [1.29, 1.82) is 0 Å². The molecule has 4 nitrogen and oxygen atoms in total. The minimum atomic E-state index is 0.236. The molecule has 2 aromatic rings. The zero-order valence-electron chi connectivity index (χ0n) is 16.3. The minimum Gasteiger partial charge on any atom is -0.355 e. The van der Waals surface area contributed by atoms with Crippen molar-refractivity contribution < 1.29 is 0 Å². The van der Waals surface area contributed by atoms with Gasteiger partial charge in [-0.05, 0) is 38.6 Å². The van der Waals surface area contributed by atoms with Crippen LogP contribution in [0.15, 0.2) is 41.0 Å². The SMILES string of the molecule is C=C/C=C(\C(Cl)=C(C)C)c1csc2c(N3CCC(C)(CN)CC3)ncnc12. The van der Waals surface area contributed by atoms with Crippen LogP contribution in [0.5, 0.6) is 0 Å². The standard InChI is InChI=1S/C21H27ClN4S/c1-5-6-15(17(22)14(2)3)16-11-27-19-18(16)24-13-25-20(19)26-9-7-21(4,12-23)8-10-26/h5-6,11,13H,1,7-10,12,23H2,2-4H3/b15-6-. The molecule has 2 N–H and O–H groups in total. The summed E-state index contributed by atoms with van der Waals surface area (Å²) in [6.07, 6.45) is 7.54. The molecule has 0 aromatic carbocycles. The first-order valence-electron chi connectivity index (χ1n) is 9.24. The molecule has 0 amide bonds. The number of fused-ring (bicyclic) bond motifs is 1. The van der Waals surface area contributed by atoms with Crippen LogP contribution in [0.4, 0.5) is 5.82 Å². The first kappa shape index (κ1) is 20.1. The van der Waals surface area contributed by atoms with Gasteiger partial charge in [0.25, 0.3) is 0 Å². The number of piperidine rings is 1. The van der Waals surface area contributed by atoms with Crippen molar-refractivity contribution in [3.05, 3.63) is 46.6 Å². The van der Waals surface area contributed by atoms with Gasteiger partial charge in [0.1, 0.15) is 12.1 Å². The van der Waals surface area contributed by atoms with Crippen LogP contribution >= 0.6 is 22.9 Å². The lowest BCUT2D eigenvalue weighted by Gasteiger charge is -2.39. The van der Waals surface area contributed by atoms with E-state index in [1.54, 1.807) is 23.7 Å². The van der Waals surface area contributed by atoms with Gasteiger partial charge in [-0.25, -0.2) is 9.97 Å². The molecular weight excluding hydrogens is 376 g/mol. The zero-order valence-corrected chi connectivity index (χ0v) is 17.8. The first-order valence-corrected chi connectivity index (χ1v) is 10.5. The number of aromatic nitrogens is 2. The van der Waals surface area contributed by atoms with E-state index in [4.69, 9.17) is 17.3 Å². The Bertz CT molecular complexity index is 900. The summed E-state index contributed by atoms with van der Waals surface area (Å²) in [5.41, 5.74) is 10.2. The normalized spacial score (nSPS) is 17.2. The van der Waals surface area contributed by atoms with E-state index in [1.165, 1.54) is 0 Å². The molecule has 0 unspecified atom stereocenters. The van der Waals surface area contributed by atoms with Crippen molar-refractivity contribution >= 4 is 44.5 Å². The van der Waals surface area contributed by atoms with Gasteiger partial charge >= 0.3 is 0 Å². The topological polar surface area (TPSA) is 55.0 Å². The lowest BCUT2D eigenvalue weighted by atomic mass is 9.80. The Labute approximate surface area is 170 Å². The highest BCUT2D eigenvalue weighted by atomic mass is 35.5. The molecule has 0 aliphatic carbocycles. The summed E-state index contributed by atoms with van der Waals surface area (Å²) in [7, 11) is 0. The summed E-state index contributed by atoms with van der Waals surface area (Å²) >= 11 is 8.27. The smallest absolute Gasteiger partial charge is 0.150 e. The van der Waals surface area contributed by atoms with E-state index >= 15 is 0 Å². The molecule has 144 valence electrons. The van der Waals surface area contributed by atoms with Crippen LogP contribution in [0.1, 0.15) is 39.2 Å². The van der Waals surface area contributed by atoms with Gasteiger partial charge < -0.3 is 10.6 Å². The fourth-order valence-electron chi connectivity index (χ4n) is 3.39. The van der Waals surface area contributed by atoms with Gasteiger partial charge in [0.15, 0.2) is 0 Å². The number of nitrogens with two attached hydrogens (primary N) is 1. The van der Waals surface area contributed by atoms with Gasteiger partial charge in [0.2, 0.25) is 0 Å². The van der Waals surface area contributed by atoms with Gasteiger partial charge in [-0.15, -0.1) is 11.3 Å². The predicted octanol–water partition coefficient (Wildman–Crippen LogP) is 5.36. The number of hydrogen-bond acceptors (Lipinski definition) is 5. The predicted molar refractivity (Wildman–Crippen MR) is 118 cm³/mol. The summed E-state index contributed by atoms with van der Waals surface area (Å²) in [5, 5.41) is 2.86. The van der Waals surface area contributed by atoms with E-state index in [-0.39, 0.29) is 5.41 Å². The molecule has 0 radical (unpaired) electrons. The van der Waals surface area contributed by atoms with Crippen molar-refractivity contribution in [2.75, 3.05) is 24.5 Å². The lowest BCUT2D eigenvalue weighted by molar-refractivity contribution is 0.258. The van der Waals surface area contributed by atoms with Crippen molar-refractivity contribution in [3.8, 4) is 0 Å². The molecule has 2 aromatic heterocycles. The Morgan fingerprint density at radius 3 is 2.67 bits per heavy atom. The second-order valence-electron chi connectivity index (χ2n) is 7.66. The number of nitrogens with zero attached hydrogens (tertiary/aromatic N) is 3. The Hall–Kier alpha value is -1.69. The molecule has 0 saturated carbocycles. The fraction of sp³-hybridized carbons (Fsp3) is 0.429. The molecule has 0 bridgehead atoms. The maximum atomic E-state index is 6.59. The van der Waals surface area contributed by atoms with E-state index in [0.717, 1.165) is 70.3 Å². The van der Waals surface area contributed by atoms with E-state index in [9.17, 15) is 0 Å². The largest absolute Gasteiger partial charge is 0.355 e. The highest BCUT2D eigenvalue weighted by Gasteiger charge is 2.30. The molecule has 3 rings (SSSR count). The van der Waals surface area contributed by atoms with E-state index in [0.29, 0.717) is 0 Å². The molecule has 0 spiro atoms. The van der Waals surface area contributed by atoms with Gasteiger partial charge in [-0.3, -0.25) is 0 Å². The molecule has 0 atom stereocenters. The number of rotatable bonds is 5. The molecule has 6 heteroatoms. The molecule has 27 heavy (non-hydrogen) atoms. The maximum Gasteiger partial charge on any atom is 0.150 e. The minimum absolute atomic E-state index is 0.236. The van der Waals surface area contributed by atoms with Crippen LogP contribution in [0, 0.1) is 5.41 Å². The van der Waals surface area contributed by atoms with Crippen LogP contribution in [-0.2, 0) is 0 Å². The van der Waals surface area contributed by atoms with Gasteiger partial charge in [0.05, 0.1) is 10.2 Å². The number of halogens is 1. The maximum absolute atomic E-state index is 6.59. The average molecular weight is 403 g/mol. The fourth-order valence-corrected chi connectivity index (χ4v) is 4.59. The highest BCUT2D eigenvalue weighted by Crippen LogP contribution is 2.40. The van der Waals surface area contributed by atoms with E-state index < -0.39 is 0 Å². The Kier molecular flexibility index (Phi) is 6.04. The number of allylic oxidation sites excluding steroid dienone is 5. The monoisotopic (exact) mass is 402 g/mol. The summed E-state index contributed by atoms with van der Waals surface area (Å²) in [6, 6.07) is 0. The van der Waals surface area contributed by atoms with Gasteiger partial charge in [-0.1, -0.05) is 42.8 Å². The summed E-state index contributed by atoms with van der Waals surface area (Å²) in [6.45, 7) is 12.8. The van der Waals surface area contributed by atoms with E-state index in [1.807, 2.05) is 19.9 Å². The van der Waals surface area contributed by atoms with Crippen LogP contribution in [0.25, 0.3) is 15.8 Å². The quantitative estimate of drug-likeness (QED) is 0.684.